The van der Waals surface area contributed by atoms with Crippen molar-refractivity contribution in [3.8, 4) is 5.75 Å². The van der Waals surface area contributed by atoms with Crippen molar-refractivity contribution in [1.29, 1.82) is 0 Å². The number of carbonyl (C=O) groups is 3. The van der Waals surface area contributed by atoms with Crippen LogP contribution in [0, 0.1) is 6.92 Å². The third kappa shape index (κ3) is 4.61. The topological polar surface area (TPSA) is 87.7 Å². The van der Waals surface area contributed by atoms with Crippen LogP contribution in [0.5, 0.6) is 5.75 Å². The molecule has 4 rings (SSSR count). The van der Waals surface area contributed by atoms with Gasteiger partial charge in [0.1, 0.15) is 12.3 Å². The second-order valence-electron chi connectivity index (χ2n) is 9.06. The molecule has 1 fully saturated rings. The summed E-state index contributed by atoms with van der Waals surface area (Å²) in [6.07, 6.45) is 4.15. The van der Waals surface area contributed by atoms with Crippen LogP contribution in [0.4, 0.5) is 11.4 Å². The summed E-state index contributed by atoms with van der Waals surface area (Å²) in [5.74, 6) is -0.356. The monoisotopic (exact) mass is 435 g/mol. The summed E-state index contributed by atoms with van der Waals surface area (Å²) in [4.78, 5) is 40.0. The second kappa shape index (κ2) is 8.65. The predicted molar refractivity (Wildman–Crippen MR) is 123 cm³/mol. The van der Waals surface area contributed by atoms with Crippen molar-refractivity contribution in [3.05, 3.63) is 53.6 Å². The summed E-state index contributed by atoms with van der Waals surface area (Å²) in [6.45, 7) is 5.22. The molecule has 2 aromatic rings. The Labute approximate surface area is 188 Å². The van der Waals surface area contributed by atoms with Crippen LogP contribution in [0.25, 0.3) is 0 Å². The fraction of sp³-hybridized carbons (Fsp3) is 0.400. The van der Waals surface area contributed by atoms with E-state index in [9.17, 15) is 14.4 Å². The average molecular weight is 436 g/mol. The van der Waals surface area contributed by atoms with E-state index in [4.69, 9.17) is 4.74 Å². The average Bonchev–Trinajstić information content (AvgIpc) is 3.25. The zero-order valence-corrected chi connectivity index (χ0v) is 18.7. The number of rotatable bonds is 5. The van der Waals surface area contributed by atoms with Gasteiger partial charge < -0.3 is 15.4 Å². The Kier molecular flexibility index (Phi) is 5.91. The van der Waals surface area contributed by atoms with Gasteiger partial charge in [0, 0.05) is 17.3 Å². The molecule has 0 aromatic heterocycles. The first-order valence-corrected chi connectivity index (χ1v) is 11.1. The lowest BCUT2D eigenvalue weighted by Crippen LogP contribution is -2.55. The van der Waals surface area contributed by atoms with E-state index in [2.05, 4.69) is 10.6 Å². The number of hydrogen-bond acceptors (Lipinski definition) is 4. The highest BCUT2D eigenvalue weighted by atomic mass is 16.5. The van der Waals surface area contributed by atoms with Crippen LogP contribution >= 0.6 is 0 Å². The number of fused-ring (bicyclic) bond motifs is 1. The van der Waals surface area contributed by atoms with Crippen molar-refractivity contribution in [1.82, 2.24) is 5.32 Å². The smallest absolute Gasteiger partial charge is 0.271 e. The number of ether oxygens (including phenoxy) is 1. The molecule has 0 spiro atoms. The van der Waals surface area contributed by atoms with Gasteiger partial charge in [0.2, 0.25) is 5.91 Å². The van der Waals surface area contributed by atoms with Crippen LogP contribution in [-0.2, 0) is 9.59 Å². The predicted octanol–water partition coefficient (Wildman–Crippen LogP) is 3.81. The lowest BCUT2D eigenvalue weighted by molar-refractivity contribution is -0.134. The van der Waals surface area contributed by atoms with Gasteiger partial charge in [-0.3, -0.25) is 19.3 Å². The zero-order valence-electron chi connectivity index (χ0n) is 18.7. The first-order valence-electron chi connectivity index (χ1n) is 11.1. The highest BCUT2D eigenvalue weighted by Gasteiger charge is 2.42. The minimum atomic E-state index is -1.10. The molecule has 168 valence electrons. The number of hydrogen-bond donors (Lipinski definition) is 2. The Morgan fingerprint density at radius 2 is 1.78 bits per heavy atom. The maximum atomic E-state index is 13.1. The molecule has 32 heavy (non-hydrogen) atoms. The van der Waals surface area contributed by atoms with Crippen molar-refractivity contribution < 1.29 is 19.1 Å². The third-order valence-electron chi connectivity index (χ3n) is 5.97. The molecule has 1 heterocycles. The van der Waals surface area contributed by atoms with E-state index in [1.165, 1.54) is 4.90 Å². The number of nitrogens with zero attached hydrogens (tertiary/aromatic N) is 1. The molecule has 0 saturated heterocycles. The summed E-state index contributed by atoms with van der Waals surface area (Å²) in [5, 5.41) is 5.89. The number of benzene rings is 2. The van der Waals surface area contributed by atoms with Crippen molar-refractivity contribution in [3.63, 3.8) is 0 Å². The largest absolute Gasteiger partial charge is 0.476 e. The molecule has 0 atom stereocenters. The van der Waals surface area contributed by atoms with E-state index in [1.807, 2.05) is 31.2 Å². The molecule has 0 unspecified atom stereocenters. The van der Waals surface area contributed by atoms with Gasteiger partial charge in [-0.15, -0.1) is 0 Å². The molecule has 2 aliphatic rings. The minimum absolute atomic E-state index is 0.113. The maximum absolute atomic E-state index is 13.1. The van der Waals surface area contributed by atoms with Crippen LogP contribution in [0.3, 0.4) is 0 Å². The molecule has 1 aliphatic heterocycles. The first kappa shape index (κ1) is 21.9. The Morgan fingerprint density at radius 3 is 2.47 bits per heavy atom. The van der Waals surface area contributed by atoms with Crippen molar-refractivity contribution in [2.75, 3.05) is 16.8 Å². The van der Waals surface area contributed by atoms with E-state index in [-0.39, 0.29) is 30.3 Å². The summed E-state index contributed by atoms with van der Waals surface area (Å²) in [6, 6.07) is 12.6. The van der Waals surface area contributed by atoms with Gasteiger partial charge >= 0.3 is 0 Å². The molecule has 3 amide bonds. The summed E-state index contributed by atoms with van der Waals surface area (Å²) < 4.78 is 5.89. The van der Waals surface area contributed by atoms with Gasteiger partial charge in [-0.25, -0.2) is 0 Å². The zero-order chi connectivity index (χ0) is 22.9. The number of anilines is 2. The van der Waals surface area contributed by atoms with Crippen molar-refractivity contribution in [2.45, 2.75) is 58.1 Å². The van der Waals surface area contributed by atoms with Crippen molar-refractivity contribution >= 4 is 29.1 Å². The molecule has 1 aliphatic carbocycles. The Bertz CT molecular complexity index is 1040. The standard InChI is InChI=1S/C25H29N3O4/c1-16-8-11-19(12-9-16)27-23(30)17-10-13-21-20(14-17)28(24(31)25(2,3)32-21)15-22(29)26-18-6-4-5-7-18/h8-14,18H,4-7,15H2,1-3H3,(H,26,29)(H,27,30). The highest BCUT2D eigenvalue weighted by molar-refractivity contribution is 6.09. The Hall–Kier alpha value is -3.35. The van der Waals surface area contributed by atoms with E-state index >= 15 is 0 Å². The van der Waals surface area contributed by atoms with Crippen LogP contribution in [0.1, 0.15) is 55.5 Å². The summed E-state index contributed by atoms with van der Waals surface area (Å²) in [7, 11) is 0. The van der Waals surface area contributed by atoms with E-state index in [1.54, 1.807) is 32.0 Å². The molecule has 1 saturated carbocycles. The normalized spacial score (nSPS) is 17.5. The minimum Gasteiger partial charge on any atom is -0.476 e. The van der Waals surface area contributed by atoms with Crippen LogP contribution in [-0.4, -0.2) is 35.9 Å². The first-order chi connectivity index (χ1) is 15.2. The fourth-order valence-electron chi connectivity index (χ4n) is 4.19. The van der Waals surface area contributed by atoms with E-state index < -0.39 is 5.60 Å². The molecule has 0 radical (unpaired) electrons. The van der Waals surface area contributed by atoms with Gasteiger partial charge in [0.05, 0.1) is 5.69 Å². The molecular formula is C25H29N3O4. The molecule has 7 heteroatoms. The Balaban J connectivity index is 1.57. The number of nitrogens with one attached hydrogen (secondary N) is 2. The quantitative estimate of drug-likeness (QED) is 0.748. The third-order valence-corrected chi connectivity index (χ3v) is 5.97. The molecule has 2 N–H and O–H groups in total. The van der Waals surface area contributed by atoms with Crippen molar-refractivity contribution in [2.24, 2.45) is 0 Å². The molecular weight excluding hydrogens is 406 g/mol. The second-order valence-corrected chi connectivity index (χ2v) is 9.06. The maximum Gasteiger partial charge on any atom is 0.271 e. The SMILES string of the molecule is Cc1ccc(NC(=O)c2ccc3c(c2)N(CC(=O)NC2CCCC2)C(=O)C(C)(C)O3)cc1. The lowest BCUT2D eigenvalue weighted by atomic mass is 10.0. The number of carbonyl (C=O) groups excluding carboxylic acids is 3. The lowest BCUT2D eigenvalue weighted by Gasteiger charge is -2.38. The highest BCUT2D eigenvalue weighted by Crippen LogP contribution is 2.38. The molecule has 2 aromatic carbocycles. The number of amides is 3. The Morgan fingerprint density at radius 1 is 1.09 bits per heavy atom. The van der Waals surface area contributed by atoms with Gasteiger partial charge in [-0.2, -0.15) is 0 Å². The molecule has 7 nitrogen and oxygen atoms in total. The van der Waals surface area contributed by atoms with Crippen LogP contribution < -0.4 is 20.3 Å². The summed E-state index contributed by atoms with van der Waals surface area (Å²) in [5.41, 5.74) is 1.47. The van der Waals surface area contributed by atoms with Crippen LogP contribution in [0.2, 0.25) is 0 Å². The van der Waals surface area contributed by atoms with Gasteiger partial charge in [-0.1, -0.05) is 30.5 Å². The van der Waals surface area contributed by atoms with Gasteiger partial charge in [0.25, 0.3) is 11.8 Å². The summed E-state index contributed by atoms with van der Waals surface area (Å²) >= 11 is 0. The number of aryl methyl sites for hydroxylation is 1. The van der Waals surface area contributed by atoms with Gasteiger partial charge in [-0.05, 0) is 63.9 Å². The van der Waals surface area contributed by atoms with E-state index in [0.29, 0.717) is 22.7 Å². The van der Waals surface area contributed by atoms with Crippen LogP contribution in [0.15, 0.2) is 42.5 Å². The van der Waals surface area contributed by atoms with Gasteiger partial charge in [0.15, 0.2) is 5.60 Å². The van der Waals surface area contributed by atoms with E-state index in [0.717, 1.165) is 31.2 Å². The molecule has 0 bridgehead atoms. The fourth-order valence-corrected chi connectivity index (χ4v) is 4.19.